The second kappa shape index (κ2) is 5.99. The highest BCUT2D eigenvalue weighted by atomic mass is 19.1. The Hall–Kier alpha value is -1.42. The number of carbonyl (C=O) groups excluding carboxylic acids is 1. The van der Waals surface area contributed by atoms with Gasteiger partial charge in [-0.25, -0.2) is 4.39 Å². The van der Waals surface area contributed by atoms with Crippen LogP contribution in [-0.2, 0) is 11.2 Å². The molecule has 22 heavy (non-hydrogen) atoms. The van der Waals surface area contributed by atoms with Crippen LogP contribution in [0.4, 0.5) is 4.39 Å². The van der Waals surface area contributed by atoms with Crippen molar-refractivity contribution in [2.24, 2.45) is 5.41 Å². The van der Waals surface area contributed by atoms with E-state index in [1.54, 1.807) is 12.1 Å². The minimum atomic E-state index is -0.209. The van der Waals surface area contributed by atoms with E-state index < -0.39 is 0 Å². The number of hydrogen-bond acceptors (Lipinski definition) is 2. The van der Waals surface area contributed by atoms with E-state index >= 15 is 0 Å². The van der Waals surface area contributed by atoms with E-state index in [9.17, 15) is 9.18 Å². The van der Waals surface area contributed by atoms with E-state index in [0.29, 0.717) is 29.9 Å². The average Bonchev–Trinajstić information content (AvgIpc) is 2.90. The van der Waals surface area contributed by atoms with Gasteiger partial charge in [-0.3, -0.25) is 4.79 Å². The first-order valence-electron chi connectivity index (χ1n) is 8.24. The highest BCUT2D eigenvalue weighted by molar-refractivity contribution is 5.77. The molecule has 2 aliphatic heterocycles. The van der Waals surface area contributed by atoms with Crippen molar-refractivity contribution in [1.82, 2.24) is 9.80 Å². The minimum absolute atomic E-state index is 0.164. The van der Waals surface area contributed by atoms with E-state index in [4.69, 9.17) is 0 Å². The predicted molar refractivity (Wildman–Crippen MR) is 85.1 cm³/mol. The van der Waals surface area contributed by atoms with Gasteiger partial charge in [-0.15, -0.1) is 0 Å². The van der Waals surface area contributed by atoms with Crippen molar-refractivity contribution in [3.05, 3.63) is 35.6 Å². The standard InChI is InChI=1S/C18H25FN2O/c1-14(2)20-10-9-18(11-20)12-21(13-18)17(22)8-7-15-5-3-4-6-16(15)19/h3-6,14H,7-13H2,1-2H3. The molecule has 1 aromatic rings. The SMILES string of the molecule is CC(C)N1CCC2(CN(C(=O)CCc3ccccc3F)C2)C1. The summed E-state index contributed by atoms with van der Waals surface area (Å²) in [6.07, 6.45) is 2.10. The molecule has 3 nitrogen and oxygen atoms in total. The van der Waals surface area contributed by atoms with E-state index in [1.165, 1.54) is 12.5 Å². The van der Waals surface area contributed by atoms with Gasteiger partial charge in [0.05, 0.1) is 0 Å². The molecular formula is C18H25FN2O. The molecule has 2 fully saturated rings. The molecule has 0 aromatic heterocycles. The average molecular weight is 304 g/mol. The maximum Gasteiger partial charge on any atom is 0.222 e. The Balaban J connectivity index is 1.47. The lowest BCUT2D eigenvalue weighted by atomic mass is 9.79. The molecule has 0 unspecified atom stereocenters. The topological polar surface area (TPSA) is 23.6 Å². The molecule has 0 bridgehead atoms. The van der Waals surface area contributed by atoms with Gasteiger partial charge in [0.25, 0.3) is 0 Å². The lowest BCUT2D eigenvalue weighted by Crippen LogP contribution is -2.59. The maximum absolute atomic E-state index is 13.6. The number of carbonyl (C=O) groups is 1. The summed E-state index contributed by atoms with van der Waals surface area (Å²) in [7, 11) is 0. The van der Waals surface area contributed by atoms with Gasteiger partial charge in [-0.1, -0.05) is 18.2 Å². The van der Waals surface area contributed by atoms with Gasteiger partial charge in [0, 0.05) is 37.5 Å². The molecule has 1 aromatic carbocycles. The smallest absolute Gasteiger partial charge is 0.222 e. The van der Waals surface area contributed by atoms with E-state index in [0.717, 1.165) is 26.2 Å². The maximum atomic E-state index is 13.6. The fourth-order valence-electron chi connectivity index (χ4n) is 3.71. The third kappa shape index (κ3) is 3.02. The Kier molecular flexibility index (Phi) is 4.22. The molecule has 4 heteroatoms. The highest BCUT2D eigenvalue weighted by Gasteiger charge is 2.49. The van der Waals surface area contributed by atoms with E-state index in [1.807, 2.05) is 11.0 Å². The lowest BCUT2D eigenvalue weighted by molar-refractivity contribution is -0.142. The summed E-state index contributed by atoms with van der Waals surface area (Å²) in [6.45, 7) is 8.49. The van der Waals surface area contributed by atoms with Crippen LogP contribution in [0.1, 0.15) is 32.3 Å². The Morgan fingerprint density at radius 1 is 1.27 bits per heavy atom. The molecule has 0 saturated carbocycles. The zero-order valence-corrected chi connectivity index (χ0v) is 13.5. The summed E-state index contributed by atoms with van der Waals surface area (Å²) in [5.41, 5.74) is 0.968. The monoisotopic (exact) mass is 304 g/mol. The molecule has 2 heterocycles. The van der Waals surface area contributed by atoms with Crippen LogP contribution in [0.3, 0.4) is 0 Å². The van der Waals surface area contributed by atoms with Crippen LogP contribution in [0.2, 0.25) is 0 Å². The summed E-state index contributed by atoms with van der Waals surface area (Å²) in [5, 5.41) is 0. The van der Waals surface area contributed by atoms with Gasteiger partial charge in [0.15, 0.2) is 0 Å². The van der Waals surface area contributed by atoms with Gasteiger partial charge in [-0.05, 0) is 44.9 Å². The van der Waals surface area contributed by atoms with Crippen molar-refractivity contribution in [2.75, 3.05) is 26.2 Å². The van der Waals surface area contributed by atoms with E-state index in [-0.39, 0.29) is 11.7 Å². The number of nitrogens with zero attached hydrogens (tertiary/aromatic N) is 2. The van der Waals surface area contributed by atoms with Gasteiger partial charge < -0.3 is 9.80 Å². The summed E-state index contributed by atoms with van der Waals surface area (Å²) in [4.78, 5) is 16.7. The molecular weight excluding hydrogens is 279 g/mol. The van der Waals surface area contributed by atoms with Gasteiger partial charge in [0.2, 0.25) is 5.91 Å². The normalized spacial score (nSPS) is 20.6. The summed E-state index contributed by atoms with van der Waals surface area (Å²) >= 11 is 0. The first-order valence-corrected chi connectivity index (χ1v) is 8.24. The Morgan fingerprint density at radius 3 is 2.64 bits per heavy atom. The zero-order valence-electron chi connectivity index (χ0n) is 13.5. The first-order chi connectivity index (χ1) is 10.5. The minimum Gasteiger partial charge on any atom is -0.341 e. The second-order valence-electron chi connectivity index (χ2n) is 7.16. The number of hydrogen-bond donors (Lipinski definition) is 0. The number of benzene rings is 1. The Bertz CT molecular complexity index is 552. The van der Waals surface area contributed by atoms with Crippen molar-refractivity contribution in [2.45, 2.75) is 39.2 Å². The van der Waals surface area contributed by atoms with Crippen LogP contribution in [0.25, 0.3) is 0 Å². The largest absolute Gasteiger partial charge is 0.341 e. The molecule has 0 N–H and O–H groups in total. The third-order valence-electron chi connectivity index (χ3n) is 5.17. The summed E-state index contributed by atoms with van der Waals surface area (Å²) in [6, 6.07) is 7.31. The lowest BCUT2D eigenvalue weighted by Gasteiger charge is -2.48. The molecule has 2 aliphatic rings. The van der Waals surface area contributed by atoms with Crippen LogP contribution in [0.5, 0.6) is 0 Å². The number of rotatable bonds is 4. The van der Waals surface area contributed by atoms with Gasteiger partial charge in [-0.2, -0.15) is 0 Å². The molecule has 0 aliphatic carbocycles. The zero-order chi connectivity index (χ0) is 15.7. The molecule has 1 amide bonds. The quantitative estimate of drug-likeness (QED) is 0.854. The summed E-state index contributed by atoms with van der Waals surface area (Å²) in [5.74, 6) is -0.0457. The fourth-order valence-corrected chi connectivity index (χ4v) is 3.71. The van der Waals surface area contributed by atoms with Crippen LogP contribution in [0.15, 0.2) is 24.3 Å². The molecule has 0 radical (unpaired) electrons. The van der Waals surface area contributed by atoms with Crippen molar-refractivity contribution >= 4 is 5.91 Å². The number of aryl methyl sites for hydroxylation is 1. The van der Waals surface area contributed by atoms with Crippen molar-refractivity contribution in [3.8, 4) is 0 Å². The van der Waals surface area contributed by atoms with Gasteiger partial charge >= 0.3 is 0 Å². The molecule has 1 spiro atoms. The highest BCUT2D eigenvalue weighted by Crippen LogP contribution is 2.40. The van der Waals surface area contributed by atoms with Gasteiger partial charge in [0.1, 0.15) is 5.82 Å². The summed E-state index contributed by atoms with van der Waals surface area (Å²) < 4.78 is 13.6. The van der Waals surface area contributed by atoms with E-state index in [2.05, 4.69) is 18.7 Å². The first kappa shape index (κ1) is 15.5. The van der Waals surface area contributed by atoms with Crippen LogP contribution < -0.4 is 0 Å². The van der Waals surface area contributed by atoms with Crippen LogP contribution >= 0.6 is 0 Å². The molecule has 2 saturated heterocycles. The van der Waals surface area contributed by atoms with Crippen molar-refractivity contribution < 1.29 is 9.18 Å². The second-order valence-corrected chi connectivity index (χ2v) is 7.16. The van der Waals surface area contributed by atoms with Crippen molar-refractivity contribution in [1.29, 1.82) is 0 Å². The number of likely N-dealkylation sites (tertiary alicyclic amines) is 2. The molecule has 120 valence electrons. The molecule has 3 rings (SSSR count). The Labute approximate surface area is 132 Å². The Morgan fingerprint density at radius 2 is 2.00 bits per heavy atom. The number of halogens is 1. The third-order valence-corrected chi connectivity index (χ3v) is 5.17. The number of amides is 1. The fraction of sp³-hybridized carbons (Fsp3) is 0.611. The van der Waals surface area contributed by atoms with Crippen molar-refractivity contribution in [3.63, 3.8) is 0 Å². The molecule has 0 atom stereocenters. The van der Waals surface area contributed by atoms with Crippen LogP contribution in [0, 0.1) is 11.2 Å². The predicted octanol–water partition coefficient (Wildman–Crippen LogP) is 2.70. The van der Waals surface area contributed by atoms with Crippen LogP contribution in [-0.4, -0.2) is 47.9 Å².